The number of fused-ring (bicyclic) bond motifs is 3. The molecule has 0 spiro atoms. The van der Waals surface area contributed by atoms with E-state index in [1.165, 1.54) is 0 Å². The van der Waals surface area contributed by atoms with Crippen LogP contribution in [0.2, 0.25) is 0 Å². The zero-order valence-corrected chi connectivity index (χ0v) is 20.1. The minimum absolute atomic E-state index is 0.0416. The number of ether oxygens (including phenoxy) is 1. The highest BCUT2D eigenvalue weighted by molar-refractivity contribution is 5.85. The van der Waals surface area contributed by atoms with Gasteiger partial charge in [0.2, 0.25) is 5.91 Å². The quantitative estimate of drug-likeness (QED) is 0.445. The van der Waals surface area contributed by atoms with Crippen LogP contribution in [0.1, 0.15) is 63.5 Å². The van der Waals surface area contributed by atoms with Crippen molar-refractivity contribution < 1.29 is 24.2 Å². The Balaban J connectivity index is 1.50. The Morgan fingerprint density at radius 1 is 1.00 bits per heavy atom. The monoisotopic (exact) mass is 466 g/mol. The molecule has 1 aliphatic rings. The van der Waals surface area contributed by atoms with Gasteiger partial charge in [0.25, 0.3) is 0 Å². The van der Waals surface area contributed by atoms with Gasteiger partial charge in [0.15, 0.2) is 0 Å². The SMILES string of the molecule is CC[C@@H](NC(=O)OCC1c2ccccc2-c2ccccc21)C(=O)NCCC(C)(C)CCC(=O)O. The third-order valence-corrected chi connectivity index (χ3v) is 6.48. The molecule has 182 valence electrons. The summed E-state index contributed by atoms with van der Waals surface area (Å²) in [6.45, 7) is 6.39. The maximum absolute atomic E-state index is 12.6. The molecule has 7 nitrogen and oxygen atoms in total. The third-order valence-electron chi connectivity index (χ3n) is 6.48. The van der Waals surface area contributed by atoms with Crippen molar-refractivity contribution in [2.75, 3.05) is 13.2 Å². The number of carbonyl (C=O) groups is 3. The third kappa shape index (κ3) is 6.37. The number of nitrogens with one attached hydrogen (secondary N) is 2. The molecule has 0 heterocycles. The van der Waals surface area contributed by atoms with E-state index >= 15 is 0 Å². The summed E-state index contributed by atoms with van der Waals surface area (Å²) < 4.78 is 5.55. The zero-order valence-electron chi connectivity index (χ0n) is 20.1. The van der Waals surface area contributed by atoms with Crippen molar-refractivity contribution in [3.63, 3.8) is 0 Å². The molecule has 0 bridgehead atoms. The predicted molar refractivity (Wildman–Crippen MR) is 131 cm³/mol. The first-order chi connectivity index (χ1) is 16.2. The molecular formula is C27H34N2O5. The van der Waals surface area contributed by atoms with E-state index in [2.05, 4.69) is 34.9 Å². The lowest BCUT2D eigenvalue weighted by Crippen LogP contribution is -2.47. The van der Waals surface area contributed by atoms with Crippen LogP contribution in [-0.4, -0.2) is 42.3 Å². The van der Waals surface area contributed by atoms with Crippen LogP contribution in [0.4, 0.5) is 4.79 Å². The molecule has 3 rings (SSSR count). The van der Waals surface area contributed by atoms with Crippen LogP contribution in [0.15, 0.2) is 48.5 Å². The lowest BCUT2D eigenvalue weighted by atomic mass is 9.84. The van der Waals surface area contributed by atoms with E-state index in [0.29, 0.717) is 25.8 Å². The Kier molecular flexibility index (Phi) is 8.31. The summed E-state index contributed by atoms with van der Waals surface area (Å²) in [5, 5.41) is 14.4. The molecule has 2 amide bonds. The maximum Gasteiger partial charge on any atom is 0.407 e. The average molecular weight is 467 g/mol. The Morgan fingerprint density at radius 3 is 2.15 bits per heavy atom. The molecule has 2 aromatic carbocycles. The number of hydrogen-bond acceptors (Lipinski definition) is 4. The fraction of sp³-hybridized carbons (Fsp3) is 0.444. The Morgan fingerprint density at radius 2 is 1.59 bits per heavy atom. The summed E-state index contributed by atoms with van der Waals surface area (Å²) in [6, 6.07) is 15.5. The van der Waals surface area contributed by atoms with Gasteiger partial charge in [-0.3, -0.25) is 9.59 Å². The van der Waals surface area contributed by atoms with Gasteiger partial charge in [-0.05, 0) is 46.9 Å². The van der Waals surface area contributed by atoms with Gasteiger partial charge in [-0.2, -0.15) is 0 Å². The van der Waals surface area contributed by atoms with Gasteiger partial charge < -0.3 is 20.5 Å². The van der Waals surface area contributed by atoms with E-state index in [1.54, 1.807) is 0 Å². The molecule has 0 aliphatic heterocycles. The van der Waals surface area contributed by atoms with Crippen molar-refractivity contribution in [1.29, 1.82) is 0 Å². The van der Waals surface area contributed by atoms with Gasteiger partial charge in [-0.15, -0.1) is 0 Å². The van der Waals surface area contributed by atoms with E-state index in [-0.39, 0.29) is 30.3 Å². The van der Waals surface area contributed by atoms with E-state index in [9.17, 15) is 14.4 Å². The second kappa shape index (κ2) is 11.2. The molecule has 0 fully saturated rings. The maximum atomic E-state index is 12.6. The molecule has 34 heavy (non-hydrogen) atoms. The van der Waals surface area contributed by atoms with Crippen molar-refractivity contribution in [2.24, 2.45) is 5.41 Å². The molecule has 1 atom stereocenters. The highest BCUT2D eigenvalue weighted by Gasteiger charge is 2.29. The van der Waals surface area contributed by atoms with Crippen LogP contribution < -0.4 is 10.6 Å². The van der Waals surface area contributed by atoms with Crippen LogP contribution in [0.3, 0.4) is 0 Å². The van der Waals surface area contributed by atoms with Gasteiger partial charge in [-0.1, -0.05) is 69.3 Å². The summed E-state index contributed by atoms with van der Waals surface area (Å²) in [4.78, 5) is 35.9. The molecule has 7 heteroatoms. The smallest absolute Gasteiger partial charge is 0.407 e. The first-order valence-electron chi connectivity index (χ1n) is 11.8. The number of alkyl carbamates (subject to hydrolysis) is 1. The van der Waals surface area contributed by atoms with Crippen molar-refractivity contribution in [1.82, 2.24) is 10.6 Å². The molecule has 0 saturated carbocycles. The van der Waals surface area contributed by atoms with Crippen LogP contribution in [0.5, 0.6) is 0 Å². The largest absolute Gasteiger partial charge is 0.481 e. The lowest BCUT2D eigenvalue weighted by molar-refractivity contribution is -0.137. The Labute approximate surface area is 200 Å². The molecule has 0 saturated heterocycles. The number of carbonyl (C=O) groups excluding carboxylic acids is 2. The number of carboxylic acid groups (broad SMARTS) is 1. The molecule has 0 unspecified atom stereocenters. The molecule has 0 radical (unpaired) electrons. The molecule has 3 N–H and O–H groups in total. The van der Waals surface area contributed by atoms with Gasteiger partial charge in [-0.25, -0.2) is 4.79 Å². The topological polar surface area (TPSA) is 105 Å². The second-order valence-corrected chi connectivity index (χ2v) is 9.53. The Bertz CT molecular complexity index is 988. The summed E-state index contributed by atoms with van der Waals surface area (Å²) in [5.74, 6) is -1.14. The number of hydrogen-bond donors (Lipinski definition) is 3. The molecule has 2 aromatic rings. The highest BCUT2D eigenvalue weighted by Crippen LogP contribution is 2.44. The first-order valence-corrected chi connectivity index (χ1v) is 11.8. The van der Waals surface area contributed by atoms with Gasteiger partial charge >= 0.3 is 12.1 Å². The highest BCUT2D eigenvalue weighted by atomic mass is 16.5. The number of aliphatic carboxylic acids is 1. The van der Waals surface area contributed by atoms with Gasteiger partial charge in [0.05, 0.1) is 0 Å². The van der Waals surface area contributed by atoms with Crippen molar-refractivity contribution in [2.45, 2.75) is 58.4 Å². The summed E-state index contributed by atoms with van der Waals surface area (Å²) in [7, 11) is 0. The summed E-state index contributed by atoms with van der Waals surface area (Å²) in [5.41, 5.74) is 4.38. The van der Waals surface area contributed by atoms with Crippen LogP contribution >= 0.6 is 0 Å². The van der Waals surface area contributed by atoms with Crippen molar-refractivity contribution >= 4 is 18.0 Å². The number of benzene rings is 2. The van der Waals surface area contributed by atoms with Gasteiger partial charge in [0.1, 0.15) is 12.6 Å². The molecular weight excluding hydrogens is 432 g/mol. The van der Waals surface area contributed by atoms with Crippen molar-refractivity contribution in [3.05, 3.63) is 59.7 Å². The first kappa shape index (κ1) is 25.3. The minimum atomic E-state index is -0.824. The summed E-state index contributed by atoms with van der Waals surface area (Å²) >= 11 is 0. The minimum Gasteiger partial charge on any atom is -0.481 e. The van der Waals surface area contributed by atoms with Crippen LogP contribution in [-0.2, 0) is 14.3 Å². The second-order valence-electron chi connectivity index (χ2n) is 9.53. The molecule has 0 aromatic heterocycles. The van der Waals surface area contributed by atoms with E-state index in [1.807, 2.05) is 45.0 Å². The standard InChI is InChI=1S/C27H34N2O5/c1-4-23(25(32)28-16-15-27(2,3)14-13-24(30)31)29-26(33)34-17-22-20-11-7-5-9-18(20)19-10-6-8-12-21(19)22/h5-12,22-23H,4,13-17H2,1-3H3,(H,28,32)(H,29,33)(H,30,31)/t23-/m1/s1. The summed E-state index contributed by atoms with van der Waals surface area (Å²) in [6.07, 6.45) is 1.09. The zero-order chi connectivity index (χ0) is 24.7. The van der Waals surface area contributed by atoms with E-state index in [0.717, 1.165) is 22.3 Å². The van der Waals surface area contributed by atoms with E-state index in [4.69, 9.17) is 9.84 Å². The van der Waals surface area contributed by atoms with E-state index < -0.39 is 18.1 Å². The van der Waals surface area contributed by atoms with Crippen molar-refractivity contribution in [3.8, 4) is 11.1 Å². The fourth-order valence-corrected chi connectivity index (χ4v) is 4.35. The lowest BCUT2D eigenvalue weighted by Gasteiger charge is -2.24. The molecule has 1 aliphatic carbocycles. The number of carboxylic acids is 1. The normalized spacial score (nSPS) is 13.5. The number of rotatable bonds is 11. The average Bonchev–Trinajstić information content (AvgIpc) is 3.13. The van der Waals surface area contributed by atoms with Gasteiger partial charge in [0, 0.05) is 18.9 Å². The van der Waals surface area contributed by atoms with Crippen LogP contribution in [0, 0.1) is 5.41 Å². The Hall–Kier alpha value is -3.35. The number of amides is 2. The fourth-order valence-electron chi connectivity index (χ4n) is 4.35. The van der Waals surface area contributed by atoms with Crippen LogP contribution in [0.25, 0.3) is 11.1 Å². The predicted octanol–water partition coefficient (Wildman–Crippen LogP) is 4.70.